The lowest BCUT2D eigenvalue weighted by Gasteiger charge is -2.52. The SMILES string of the molecule is CC(=O)N[C@H]1[C@H](O[C@H]2[C@@H](O)[C@@H](CO)O[C@@H](O[C@H]3[C@H](O)[C@@H](O)[C@H](OC[C@@H](CO)NC=O)O[C@@H]3CO)[C@@H]2O)O[C@H](CO)[C@@H](O[C@@H]2O[C@H](CO)[C@H](O)[C@H](O[C@@H]3O[C@H](CO)[C@@H](O)[C@H](O[C@@H]4O[C@@H](C)[C@@H](O)[C@@H](O)[C@@H]4O)[C@H]3NC(C)=O)[C@H]2O)[C@@H]1O[C@@H]1O[C@@H](C)[C@@H](O)[C@@H](O)[C@@H]1O. The molecule has 7 aliphatic heterocycles. The van der Waals surface area contributed by atoms with E-state index in [9.17, 15) is 111 Å². The molecule has 0 aliphatic carbocycles. The molecule has 0 saturated carbocycles. The molecule has 7 heterocycles. The number of nitrogens with one attached hydrogen (secondary N) is 3. The summed E-state index contributed by atoms with van der Waals surface area (Å²) in [6, 6.07) is -4.67. The molecular weight excluding hydrogens is 1220 g/mol. The molecule has 22 N–H and O–H groups in total. The topological polar surface area (TPSA) is 601 Å². The van der Waals surface area contributed by atoms with Crippen LogP contribution in [0.25, 0.3) is 0 Å². The van der Waals surface area contributed by atoms with E-state index in [-0.39, 0.29) is 6.41 Å². The Morgan fingerprint density at radius 1 is 0.382 bits per heavy atom. The molecule has 39 heteroatoms. The summed E-state index contributed by atoms with van der Waals surface area (Å²) >= 11 is 0. The van der Waals surface area contributed by atoms with Crippen molar-refractivity contribution < 1.29 is 178 Å². The highest BCUT2D eigenvalue weighted by molar-refractivity contribution is 5.73. The fraction of sp³-hybridized carbons (Fsp3) is 0.940. The second-order valence-corrected chi connectivity index (χ2v) is 22.5. The molecule has 0 spiro atoms. The van der Waals surface area contributed by atoms with Gasteiger partial charge in [0.15, 0.2) is 44.0 Å². The quantitative estimate of drug-likeness (QED) is 0.0377. The number of hydrogen-bond acceptors (Lipinski definition) is 36. The third kappa shape index (κ3) is 16.4. The number of ether oxygens (including phenoxy) is 14. The molecule has 7 saturated heterocycles. The average Bonchev–Trinajstić information content (AvgIpc) is 2.53. The molecule has 0 radical (unpaired) electrons. The zero-order chi connectivity index (χ0) is 65.6. The van der Waals surface area contributed by atoms with Crippen molar-refractivity contribution in [1.82, 2.24) is 16.0 Å². The van der Waals surface area contributed by atoms with Crippen molar-refractivity contribution in [1.29, 1.82) is 0 Å². The first kappa shape index (κ1) is 73.5. The van der Waals surface area contributed by atoms with Crippen LogP contribution in [0.3, 0.4) is 0 Å². The van der Waals surface area contributed by atoms with Gasteiger partial charge in [-0.3, -0.25) is 14.4 Å². The smallest absolute Gasteiger partial charge is 0.217 e. The summed E-state index contributed by atoms with van der Waals surface area (Å²) in [6.07, 6.45) is -63.1. The van der Waals surface area contributed by atoms with E-state index in [1.807, 2.05) is 0 Å². The number of amides is 3. The average molecular weight is 1300 g/mol. The van der Waals surface area contributed by atoms with Gasteiger partial charge in [-0.2, -0.15) is 0 Å². The van der Waals surface area contributed by atoms with Crippen molar-refractivity contribution in [3.63, 3.8) is 0 Å². The first-order valence-electron chi connectivity index (χ1n) is 28.6. The number of aliphatic hydroxyl groups is 19. The normalized spacial score (nSPS) is 48.5. The van der Waals surface area contributed by atoms with Crippen molar-refractivity contribution in [2.24, 2.45) is 0 Å². The Bertz CT molecular complexity index is 2210. The minimum absolute atomic E-state index is 0.265. The van der Waals surface area contributed by atoms with E-state index in [2.05, 4.69) is 16.0 Å². The molecule has 3 amide bonds. The number of carbonyl (C=O) groups is 3. The van der Waals surface area contributed by atoms with Crippen LogP contribution in [0.1, 0.15) is 27.7 Å². The highest BCUT2D eigenvalue weighted by atomic mass is 16.8. The van der Waals surface area contributed by atoms with Crippen molar-refractivity contribution in [3.05, 3.63) is 0 Å². The Morgan fingerprint density at radius 2 is 0.719 bits per heavy atom. The van der Waals surface area contributed by atoms with Gasteiger partial charge in [0.25, 0.3) is 0 Å². The van der Waals surface area contributed by atoms with Crippen LogP contribution >= 0.6 is 0 Å². The summed E-state index contributed by atoms with van der Waals surface area (Å²) in [7, 11) is 0. The van der Waals surface area contributed by atoms with Crippen LogP contribution in [0.15, 0.2) is 0 Å². The monoisotopic (exact) mass is 1300 g/mol. The first-order valence-corrected chi connectivity index (χ1v) is 28.6. The van der Waals surface area contributed by atoms with Crippen molar-refractivity contribution in [3.8, 4) is 0 Å². The van der Waals surface area contributed by atoms with Crippen LogP contribution in [-0.2, 0) is 80.7 Å². The largest absolute Gasteiger partial charge is 0.394 e. The molecule has 7 rings (SSSR count). The van der Waals surface area contributed by atoms with Crippen LogP contribution in [0, 0.1) is 0 Å². The molecule has 0 aromatic rings. The maximum absolute atomic E-state index is 13.3. The minimum Gasteiger partial charge on any atom is -0.394 e. The molecule has 39 nitrogen and oxygen atoms in total. The van der Waals surface area contributed by atoms with E-state index in [0.29, 0.717) is 0 Å². The summed E-state index contributed by atoms with van der Waals surface area (Å²) in [5.41, 5.74) is 0. The van der Waals surface area contributed by atoms with Gasteiger partial charge in [-0.05, 0) is 13.8 Å². The van der Waals surface area contributed by atoms with E-state index < -0.39 is 279 Å². The van der Waals surface area contributed by atoms with Crippen molar-refractivity contribution in [2.75, 3.05) is 46.2 Å². The van der Waals surface area contributed by atoms with E-state index in [1.165, 1.54) is 13.8 Å². The number of hydrogen-bond donors (Lipinski definition) is 22. The molecule has 0 unspecified atom stereocenters. The van der Waals surface area contributed by atoms with E-state index in [0.717, 1.165) is 13.8 Å². The molecular formula is C50H85N3O36. The first-order chi connectivity index (χ1) is 42.2. The summed E-state index contributed by atoms with van der Waals surface area (Å²) in [5, 5.41) is 215. The van der Waals surface area contributed by atoms with Gasteiger partial charge in [-0.15, -0.1) is 0 Å². The Morgan fingerprint density at radius 3 is 1.15 bits per heavy atom. The van der Waals surface area contributed by atoms with Crippen LogP contribution in [0.4, 0.5) is 0 Å². The molecule has 516 valence electrons. The number of rotatable bonds is 25. The molecule has 36 atom stereocenters. The lowest BCUT2D eigenvalue weighted by atomic mass is 9.93. The summed E-state index contributed by atoms with van der Waals surface area (Å²) < 4.78 is 82.5. The summed E-state index contributed by atoms with van der Waals surface area (Å²) in [6.45, 7) is -1.82. The van der Waals surface area contributed by atoms with Crippen molar-refractivity contribution in [2.45, 2.75) is 249 Å². The maximum atomic E-state index is 13.3. The van der Waals surface area contributed by atoms with Crippen LogP contribution in [0.2, 0.25) is 0 Å². The zero-order valence-corrected chi connectivity index (χ0v) is 48.2. The fourth-order valence-corrected chi connectivity index (χ4v) is 11.3. The van der Waals surface area contributed by atoms with Crippen molar-refractivity contribution >= 4 is 18.2 Å². The maximum Gasteiger partial charge on any atom is 0.217 e. The lowest BCUT2D eigenvalue weighted by molar-refractivity contribution is -0.397. The van der Waals surface area contributed by atoms with E-state index >= 15 is 0 Å². The molecule has 89 heavy (non-hydrogen) atoms. The minimum atomic E-state index is -2.34. The standard InChI is InChI=1S/C50H85N3O36/c1-13-25(63)30(68)33(71)47(77-13)86-40-23(52-15(3)61)44(79-18(6-55)27(40)65)88-43-29(67)20(8-57)81-50(37(43)75)85-39-22(10-59)82-45(24(53-16(4)62)41(39)87-48-34(72)31(69)26(64)14(2)78-48)89-42-28(66)19(7-56)80-49(36(42)74)84-38-21(9-58)83-46(35(73)32(38)70)76-11-17(5-54)51-12-60/h12-14,17-50,54-59,63-75H,5-11H2,1-4H3,(H,51,60)(H,52,61)(H,53,62)/t13-,14-,17+,18+,19+,20+,21+,22+,23+,24+,25+,26+,27+,28-,29-,30+,31+,32+,33-,34-,35+,36+,37+,38+,39+,40+,41+,42-,43-,44-,45-,46+,47-,48-,49-,50-/m0/s1. The highest BCUT2D eigenvalue weighted by Crippen LogP contribution is 2.39. The molecule has 7 aliphatic rings. The van der Waals surface area contributed by atoms with Gasteiger partial charge < -0.3 is 179 Å². The zero-order valence-electron chi connectivity index (χ0n) is 48.2. The molecule has 7 fully saturated rings. The van der Waals surface area contributed by atoms with Gasteiger partial charge in [0.2, 0.25) is 18.2 Å². The third-order valence-electron chi connectivity index (χ3n) is 16.2. The van der Waals surface area contributed by atoms with Crippen LogP contribution in [0.5, 0.6) is 0 Å². The van der Waals surface area contributed by atoms with Crippen LogP contribution in [-0.4, -0.2) is 382 Å². The predicted octanol–water partition coefficient (Wildman–Crippen LogP) is -14.8. The second kappa shape index (κ2) is 32.5. The second-order valence-electron chi connectivity index (χ2n) is 22.5. The third-order valence-corrected chi connectivity index (χ3v) is 16.2. The van der Waals surface area contributed by atoms with Gasteiger partial charge in [0, 0.05) is 13.8 Å². The van der Waals surface area contributed by atoms with E-state index in [1.54, 1.807) is 0 Å². The summed E-state index contributed by atoms with van der Waals surface area (Å²) in [4.78, 5) is 37.0. The van der Waals surface area contributed by atoms with E-state index in [4.69, 9.17) is 66.3 Å². The Balaban J connectivity index is 1.19. The predicted molar refractivity (Wildman–Crippen MR) is 276 cm³/mol. The number of aliphatic hydroxyl groups excluding tert-OH is 19. The molecule has 0 aromatic carbocycles. The summed E-state index contributed by atoms with van der Waals surface area (Å²) in [5.74, 6) is -1.79. The van der Waals surface area contributed by atoms with Crippen LogP contribution < -0.4 is 16.0 Å². The Hall–Kier alpha value is -2.91. The fourth-order valence-electron chi connectivity index (χ4n) is 11.3. The number of carbonyl (C=O) groups excluding carboxylic acids is 3. The lowest BCUT2D eigenvalue weighted by Crippen LogP contribution is -2.72. The molecule has 0 aromatic heterocycles. The molecule has 0 bridgehead atoms. The van der Waals surface area contributed by atoms with Gasteiger partial charge in [0.05, 0.1) is 64.5 Å². The Labute approximate surface area is 505 Å². The highest BCUT2D eigenvalue weighted by Gasteiger charge is 2.60. The van der Waals surface area contributed by atoms with Gasteiger partial charge in [-0.25, -0.2) is 0 Å². The van der Waals surface area contributed by atoms with Gasteiger partial charge in [-0.1, -0.05) is 0 Å². The van der Waals surface area contributed by atoms with Gasteiger partial charge >= 0.3 is 0 Å². The van der Waals surface area contributed by atoms with Gasteiger partial charge in [0.1, 0.15) is 159 Å². The Kier molecular flexibility index (Phi) is 26.8.